The Morgan fingerprint density at radius 1 is 1.27 bits per heavy atom. The van der Waals surface area contributed by atoms with E-state index in [0.29, 0.717) is 21.3 Å². The molecule has 3 rings (SSSR count). The molecule has 0 spiro atoms. The second-order valence-electron chi connectivity index (χ2n) is 5.17. The van der Waals surface area contributed by atoms with Crippen molar-refractivity contribution in [3.05, 3.63) is 63.7 Å². The molecule has 1 N–H and O–H groups in total. The van der Waals surface area contributed by atoms with Gasteiger partial charge < -0.3 is 10.1 Å². The number of nitrogens with one attached hydrogen (secondary N) is 1. The van der Waals surface area contributed by atoms with Gasteiger partial charge in [-0.15, -0.1) is 11.3 Å². The number of para-hydroxylation sites is 1. The monoisotopic (exact) mass is 388 g/mol. The van der Waals surface area contributed by atoms with Gasteiger partial charge in [-0.05, 0) is 30.3 Å². The molecule has 1 amide bonds. The molecule has 0 unspecified atom stereocenters. The number of anilines is 1. The standard InChI is InChI=1S/C18H10ClFN2O3S/c19-16-12-6-5-11(20)7-14(12)26-17(16)18(24)25-9-15(23)22-13-4-2-1-3-10(13)8-21/h1-7H,9H2,(H,22,23). The highest BCUT2D eigenvalue weighted by Crippen LogP contribution is 2.36. The highest BCUT2D eigenvalue weighted by molar-refractivity contribution is 7.21. The Bertz CT molecular complexity index is 1060. The van der Waals surface area contributed by atoms with E-state index in [1.54, 1.807) is 24.3 Å². The summed E-state index contributed by atoms with van der Waals surface area (Å²) in [6.45, 7) is -0.544. The molecule has 3 aromatic rings. The molecule has 0 aliphatic rings. The van der Waals surface area contributed by atoms with Gasteiger partial charge >= 0.3 is 5.97 Å². The number of hydrogen-bond donors (Lipinski definition) is 1. The summed E-state index contributed by atoms with van der Waals surface area (Å²) in [6, 6.07) is 12.4. The maximum absolute atomic E-state index is 13.3. The molecule has 2 aromatic carbocycles. The van der Waals surface area contributed by atoms with Crippen LogP contribution in [0.15, 0.2) is 42.5 Å². The lowest BCUT2D eigenvalue weighted by Crippen LogP contribution is -2.21. The van der Waals surface area contributed by atoms with Crippen LogP contribution in [0.4, 0.5) is 10.1 Å². The van der Waals surface area contributed by atoms with Crippen molar-refractivity contribution in [2.45, 2.75) is 0 Å². The van der Waals surface area contributed by atoms with Gasteiger partial charge in [-0.1, -0.05) is 23.7 Å². The minimum atomic E-state index is -0.777. The van der Waals surface area contributed by atoms with Crippen LogP contribution in [-0.2, 0) is 9.53 Å². The third-order valence-electron chi connectivity index (χ3n) is 3.43. The van der Waals surface area contributed by atoms with E-state index < -0.39 is 24.3 Å². The number of benzene rings is 2. The predicted octanol–water partition coefficient (Wildman–Crippen LogP) is 4.36. The fourth-order valence-electron chi connectivity index (χ4n) is 2.24. The summed E-state index contributed by atoms with van der Waals surface area (Å²) in [5.41, 5.74) is 0.619. The summed E-state index contributed by atoms with van der Waals surface area (Å²) < 4.78 is 18.8. The van der Waals surface area contributed by atoms with Crippen molar-refractivity contribution in [1.29, 1.82) is 5.26 Å². The average molecular weight is 389 g/mol. The quantitative estimate of drug-likeness (QED) is 0.673. The largest absolute Gasteiger partial charge is 0.451 e. The zero-order valence-electron chi connectivity index (χ0n) is 13.1. The van der Waals surface area contributed by atoms with E-state index >= 15 is 0 Å². The predicted molar refractivity (Wildman–Crippen MR) is 96.9 cm³/mol. The number of carbonyl (C=O) groups is 2. The molecule has 0 radical (unpaired) electrons. The molecule has 1 aromatic heterocycles. The van der Waals surface area contributed by atoms with E-state index in [0.717, 1.165) is 11.3 Å². The Balaban J connectivity index is 1.68. The molecule has 1 heterocycles. The normalized spacial score (nSPS) is 10.3. The van der Waals surface area contributed by atoms with Gasteiger partial charge in [-0.2, -0.15) is 5.26 Å². The van der Waals surface area contributed by atoms with Crippen molar-refractivity contribution >= 4 is 50.6 Å². The number of halogens is 2. The zero-order valence-corrected chi connectivity index (χ0v) is 14.7. The smallest absolute Gasteiger partial charge is 0.350 e. The number of esters is 1. The number of thiophene rings is 1. The summed E-state index contributed by atoms with van der Waals surface area (Å²) in [7, 11) is 0. The summed E-state index contributed by atoms with van der Waals surface area (Å²) in [5.74, 6) is -1.81. The van der Waals surface area contributed by atoms with E-state index in [-0.39, 0.29) is 9.90 Å². The second kappa shape index (κ2) is 7.52. The number of amides is 1. The molecule has 0 fully saturated rings. The van der Waals surface area contributed by atoms with Gasteiger partial charge in [0.25, 0.3) is 5.91 Å². The highest BCUT2D eigenvalue weighted by atomic mass is 35.5. The van der Waals surface area contributed by atoms with Crippen LogP contribution in [0.3, 0.4) is 0 Å². The Hall–Kier alpha value is -2.95. The minimum Gasteiger partial charge on any atom is -0.451 e. The number of rotatable bonds is 4. The molecule has 0 saturated heterocycles. The molecular weight excluding hydrogens is 379 g/mol. The first-order valence-electron chi connectivity index (χ1n) is 7.33. The van der Waals surface area contributed by atoms with E-state index in [9.17, 15) is 14.0 Å². The molecular formula is C18H10ClFN2O3S. The van der Waals surface area contributed by atoms with Crippen molar-refractivity contribution in [3.63, 3.8) is 0 Å². The van der Waals surface area contributed by atoms with Crippen molar-refractivity contribution in [3.8, 4) is 6.07 Å². The molecule has 26 heavy (non-hydrogen) atoms. The Kier molecular flexibility index (Phi) is 5.16. The van der Waals surface area contributed by atoms with Crippen molar-refractivity contribution in [1.82, 2.24) is 0 Å². The van der Waals surface area contributed by atoms with Crippen LogP contribution in [0, 0.1) is 17.1 Å². The van der Waals surface area contributed by atoms with Crippen LogP contribution < -0.4 is 5.32 Å². The van der Waals surface area contributed by atoms with E-state index in [1.165, 1.54) is 18.2 Å². The van der Waals surface area contributed by atoms with Gasteiger partial charge in [0, 0.05) is 10.1 Å². The number of ether oxygens (including phenoxy) is 1. The van der Waals surface area contributed by atoms with Gasteiger partial charge in [0.1, 0.15) is 16.8 Å². The summed E-state index contributed by atoms with van der Waals surface area (Å²) >= 11 is 7.13. The van der Waals surface area contributed by atoms with Crippen molar-refractivity contribution in [2.75, 3.05) is 11.9 Å². The molecule has 0 aliphatic carbocycles. The summed E-state index contributed by atoms with van der Waals surface area (Å²) in [5, 5.41) is 12.2. The first-order valence-corrected chi connectivity index (χ1v) is 8.52. The van der Waals surface area contributed by atoms with Crippen LogP contribution >= 0.6 is 22.9 Å². The minimum absolute atomic E-state index is 0.0949. The fourth-order valence-corrected chi connectivity index (χ4v) is 3.67. The zero-order chi connectivity index (χ0) is 18.7. The van der Waals surface area contributed by atoms with Crippen molar-refractivity contribution < 1.29 is 18.7 Å². The first kappa shape index (κ1) is 17.9. The number of fused-ring (bicyclic) bond motifs is 1. The SMILES string of the molecule is N#Cc1ccccc1NC(=O)COC(=O)c1sc2cc(F)ccc2c1Cl. The molecule has 0 aliphatic heterocycles. The van der Waals surface area contributed by atoms with Gasteiger partial charge in [0.2, 0.25) is 0 Å². The Labute approximate surface area is 156 Å². The van der Waals surface area contributed by atoms with Crippen LogP contribution in [-0.4, -0.2) is 18.5 Å². The van der Waals surface area contributed by atoms with Crippen LogP contribution in [0.5, 0.6) is 0 Å². The summed E-state index contributed by atoms with van der Waals surface area (Å²) in [6.07, 6.45) is 0. The molecule has 0 bridgehead atoms. The van der Waals surface area contributed by atoms with Gasteiger partial charge in [-0.25, -0.2) is 9.18 Å². The first-order chi connectivity index (χ1) is 12.5. The van der Waals surface area contributed by atoms with E-state index in [2.05, 4.69) is 5.32 Å². The molecule has 0 saturated carbocycles. The van der Waals surface area contributed by atoms with Crippen LogP contribution in [0.2, 0.25) is 5.02 Å². The number of nitriles is 1. The van der Waals surface area contributed by atoms with Gasteiger partial charge in [0.05, 0.1) is 16.3 Å². The van der Waals surface area contributed by atoms with E-state index in [1.807, 2.05) is 6.07 Å². The maximum atomic E-state index is 13.3. The highest BCUT2D eigenvalue weighted by Gasteiger charge is 2.20. The van der Waals surface area contributed by atoms with Gasteiger partial charge in [-0.3, -0.25) is 4.79 Å². The lowest BCUT2D eigenvalue weighted by atomic mass is 10.2. The fraction of sp³-hybridized carbons (Fsp3) is 0.0556. The molecule has 0 atom stereocenters. The lowest BCUT2D eigenvalue weighted by molar-refractivity contribution is -0.119. The number of hydrogen-bond acceptors (Lipinski definition) is 5. The molecule has 5 nitrogen and oxygen atoms in total. The Morgan fingerprint density at radius 3 is 2.81 bits per heavy atom. The average Bonchev–Trinajstić information content (AvgIpc) is 2.96. The van der Waals surface area contributed by atoms with Crippen molar-refractivity contribution in [2.24, 2.45) is 0 Å². The third-order valence-corrected chi connectivity index (χ3v) is 5.07. The van der Waals surface area contributed by atoms with Crippen LogP contribution in [0.1, 0.15) is 15.2 Å². The number of nitrogens with zero attached hydrogens (tertiary/aromatic N) is 1. The number of carbonyl (C=O) groups excluding carboxylic acids is 2. The third kappa shape index (κ3) is 3.67. The Morgan fingerprint density at radius 2 is 2.04 bits per heavy atom. The summed E-state index contributed by atoms with van der Waals surface area (Å²) in [4.78, 5) is 24.2. The topological polar surface area (TPSA) is 79.2 Å². The maximum Gasteiger partial charge on any atom is 0.350 e. The van der Waals surface area contributed by atoms with Crippen LogP contribution in [0.25, 0.3) is 10.1 Å². The van der Waals surface area contributed by atoms with E-state index in [4.69, 9.17) is 21.6 Å². The molecule has 8 heteroatoms. The molecule has 130 valence electrons. The lowest BCUT2D eigenvalue weighted by Gasteiger charge is -2.07. The van der Waals surface area contributed by atoms with Gasteiger partial charge in [0.15, 0.2) is 6.61 Å². The second-order valence-corrected chi connectivity index (χ2v) is 6.60.